The van der Waals surface area contributed by atoms with Crippen molar-refractivity contribution in [3.63, 3.8) is 0 Å². The number of ether oxygens (including phenoxy) is 2. The molecule has 0 spiro atoms. The number of nitrogens with one attached hydrogen (secondary N) is 1. The van der Waals surface area contributed by atoms with Crippen LogP contribution in [0.4, 0.5) is 0 Å². The SMILES string of the molecule is CCC[C@H](C)c1nc(C(N)=O)c2[nH]c(=O)n(-c3ccc(OC)c(OC)c3)c2n1. The number of amides is 1. The maximum atomic E-state index is 12.7. The molecule has 0 fully saturated rings. The average molecular weight is 385 g/mol. The Labute approximate surface area is 161 Å². The minimum Gasteiger partial charge on any atom is -0.493 e. The molecule has 0 unspecified atom stereocenters. The Morgan fingerprint density at radius 1 is 1.25 bits per heavy atom. The van der Waals surface area contributed by atoms with E-state index >= 15 is 0 Å². The summed E-state index contributed by atoms with van der Waals surface area (Å²) < 4.78 is 11.9. The molecule has 1 aromatic carbocycles. The average Bonchev–Trinajstić information content (AvgIpc) is 3.02. The minimum absolute atomic E-state index is 0.000667. The second kappa shape index (κ2) is 7.71. The van der Waals surface area contributed by atoms with Crippen LogP contribution >= 0.6 is 0 Å². The van der Waals surface area contributed by atoms with Gasteiger partial charge in [-0.1, -0.05) is 20.3 Å². The van der Waals surface area contributed by atoms with Crippen molar-refractivity contribution in [1.29, 1.82) is 0 Å². The molecule has 0 saturated carbocycles. The van der Waals surface area contributed by atoms with E-state index in [4.69, 9.17) is 15.2 Å². The van der Waals surface area contributed by atoms with Gasteiger partial charge in [0, 0.05) is 12.0 Å². The first-order valence-electron chi connectivity index (χ1n) is 8.96. The summed E-state index contributed by atoms with van der Waals surface area (Å²) in [7, 11) is 3.04. The van der Waals surface area contributed by atoms with Crippen LogP contribution in [0, 0.1) is 0 Å². The van der Waals surface area contributed by atoms with Crippen LogP contribution < -0.4 is 20.9 Å². The minimum atomic E-state index is -0.724. The van der Waals surface area contributed by atoms with E-state index < -0.39 is 11.6 Å². The number of carbonyl (C=O) groups is 1. The van der Waals surface area contributed by atoms with E-state index in [0.29, 0.717) is 28.7 Å². The number of hydrogen-bond donors (Lipinski definition) is 2. The monoisotopic (exact) mass is 385 g/mol. The molecule has 1 amide bonds. The van der Waals surface area contributed by atoms with Crippen LogP contribution in [0.15, 0.2) is 23.0 Å². The number of nitrogens with zero attached hydrogens (tertiary/aromatic N) is 3. The van der Waals surface area contributed by atoms with E-state index in [9.17, 15) is 9.59 Å². The van der Waals surface area contributed by atoms with E-state index in [1.807, 2.05) is 6.92 Å². The number of primary amides is 1. The first-order chi connectivity index (χ1) is 13.4. The second-order valence-electron chi connectivity index (χ2n) is 6.49. The molecule has 3 rings (SSSR count). The van der Waals surface area contributed by atoms with E-state index in [1.165, 1.54) is 18.8 Å². The first kappa shape index (κ1) is 19.4. The quantitative estimate of drug-likeness (QED) is 0.642. The van der Waals surface area contributed by atoms with Gasteiger partial charge in [-0.2, -0.15) is 0 Å². The van der Waals surface area contributed by atoms with Crippen LogP contribution in [0.3, 0.4) is 0 Å². The highest BCUT2D eigenvalue weighted by Crippen LogP contribution is 2.30. The van der Waals surface area contributed by atoms with Crippen LogP contribution in [0.5, 0.6) is 11.5 Å². The van der Waals surface area contributed by atoms with Crippen molar-refractivity contribution in [1.82, 2.24) is 19.5 Å². The lowest BCUT2D eigenvalue weighted by atomic mass is 10.1. The predicted molar refractivity (Wildman–Crippen MR) is 104 cm³/mol. The summed E-state index contributed by atoms with van der Waals surface area (Å²) >= 11 is 0. The lowest BCUT2D eigenvalue weighted by Gasteiger charge is -2.12. The molecule has 28 heavy (non-hydrogen) atoms. The van der Waals surface area contributed by atoms with E-state index in [2.05, 4.69) is 21.9 Å². The van der Waals surface area contributed by atoms with Crippen molar-refractivity contribution in [2.45, 2.75) is 32.6 Å². The summed E-state index contributed by atoms with van der Waals surface area (Å²) in [5.41, 5.74) is 6.06. The van der Waals surface area contributed by atoms with Crippen molar-refractivity contribution in [3.8, 4) is 17.2 Å². The van der Waals surface area contributed by atoms with Crippen LogP contribution in [0.2, 0.25) is 0 Å². The zero-order chi connectivity index (χ0) is 20.4. The molecule has 9 nitrogen and oxygen atoms in total. The molecule has 0 bridgehead atoms. The highest BCUT2D eigenvalue weighted by molar-refractivity contribution is 6.01. The predicted octanol–water partition coefficient (Wildman–Crippen LogP) is 2.13. The third kappa shape index (κ3) is 3.30. The molecule has 0 aliphatic carbocycles. The van der Waals surface area contributed by atoms with Crippen molar-refractivity contribution < 1.29 is 14.3 Å². The highest BCUT2D eigenvalue weighted by atomic mass is 16.5. The summed E-state index contributed by atoms with van der Waals surface area (Å²) in [5.74, 6) is 0.750. The third-order valence-corrected chi connectivity index (χ3v) is 4.58. The molecule has 0 aliphatic heterocycles. The lowest BCUT2D eigenvalue weighted by molar-refractivity contribution is 0.0996. The topological polar surface area (TPSA) is 125 Å². The van der Waals surface area contributed by atoms with Crippen LogP contribution in [-0.2, 0) is 0 Å². The summed E-state index contributed by atoms with van der Waals surface area (Å²) in [6, 6.07) is 5.06. The van der Waals surface area contributed by atoms with Crippen molar-refractivity contribution in [2.24, 2.45) is 5.73 Å². The fourth-order valence-electron chi connectivity index (χ4n) is 3.17. The molecule has 9 heteroatoms. The van der Waals surface area contributed by atoms with Crippen LogP contribution in [-0.4, -0.2) is 39.6 Å². The maximum Gasteiger partial charge on any atom is 0.332 e. The number of benzene rings is 1. The number of methoxy groups -OCH3 is 2. The standard InChI is InChI=1S/C19H23N5O4/c1-5-6-10(2)17-21-14(16(20)25)15-18(23-17)24(19(26)22-15)11-7-8-12(27-3)13(9-11)28-4/h7-10H,5-6H2,1-4H3,(H2,20,25)(H,22,26)/t10-/m0/s1. The lowest BCUT2D eigenvalue weighted by Crippen LogP contribution is -2.17. The Morgan fingerprint density at radius 3 is 2.57 bits per heavy atom. The number of nitrogens with two attached hydrogens (primary N) is 1. The van der Waals surface area contributed by atoms with Gasteiger partial charge in [-0.3, -0.25) is 4.79 Å². The van der Waals surface area contributed by atoms with Crippen LogP contribution in [0.1, 0.15) is 48.9 Å². The van der Waals surface area contributed by atoms with Gasteiger partial charge in [0.25, 0.3) is 5.91 Å². The molecule has 3 N–H and O–H groups in total. The molecule has 3 aromatic rings. The first-order valence-corrected chi connectivity index (χ1v) is 8.96. The molecule has 0 aliphatic rings. The number of imidazole rings is 1. The zero-order valence-electron chi connectivity index (χ0n) is 16.3. The van der Waals surface area contributed by atoms with E-state index in [-0.39, 0.29) is 17.1 Å². The third-order valence-electron chi connectivity index (χ3n) is 4.58. The number of rotatable bonds is 7. The molecule has 148 valence electrons. The van der Waals surface area contributed by atoms with Crippen LogP contribution in [0.25, 0.3) is 16.9 Å². The Hall–Kier alpha value is -3.36. The van der Waals surface area contributed by atoms with Crippen molar-refractivity contribution >= 4 is 17.1 Å². The Morgan fingerprint density at radius 2 is 1.96 bits per heavy atom. The molecule has 2 aromatic heterocycles. The summed E-state index contributed by atoms with van der Waals surface area (Å²) in [4.78, 5) is 36.2. The van der Waals surface area contributed by atoms with Gasteiger partial charge < -0.3 is 20.2 Å². The normalized spacial score (nSPS) is 12.1. The Kier molecular flexibility index (Phi) is 5.34. The summed E-state index contributed by atoms with van der Waals surface area (Å²) in [6.45, 7) is 4.03. The largest absolute Gasteiger partial charge is 0.493 e. The Bertz CT molecular complexity index is 1090. The number of H-pyrrole nitrogens is 1. The second-order valence-corrected chi connectivity index (χ2v) is 6.49. The molecule has 0 saturated heterocycles. The van der Waals surface area contributed by atoms with Gasteiger partial charge in [0.15, 0.2) is 22.8 Å². The fraction of sp³-hybridized carbons (Fsp3) is 0.368. The van der Waals surface area contributed by atoms with Gasteiger partial charge in [-0.25, -0.2) is 19.3 Å². The summed E-state index contributed by atoms with van der Waals surface area (Å²) in [6.07, 6.45) is 1.78. The van der Waals surface area contributed by atoms with Gasteiger partial charge in [0.1, 0.15) is 11.3 Å². The van der Waals surface area contributed by atoms with E-state index in [1.54, 1.807) is 18.2 Å². The van der Waals surface area contributed by atoms with E-state index in [0.717, 1.165) is 12.8 Å². The van der Waals surface area contributed by atoms with Gasteiger partial charge in [-0.05, 0) is 18.6 Å². The van der Waals surface area contributed by atoms with Crippen molar-refractivity contribution in [2.75, 3.05) is 14.2 Å². The summed E-state index contributed by atoms with van der Waals surface area (Å²) in [5, 5.41) is 0. The fourth-order valence-corrected chi connectivity index (χ4v) is 3.17. The zero-order valence-corrected chi connectivity index (χ0v) is 16.3. The number of aromatic nitrogens is 4. The number of aromatic amines is 1. The van der Waals surface area contributed by atoms with Gasteiger partial charge >= 0.3 is 5.69 Å². The van der Waals surface area contributed by atoms with Gasteiger partial charge in [0.2, 0.25) is 0 Å². The van der Waals surface area contributed by atoms with Gasteiger partial charge in [-0.15, -0.1) is 0 Å². The smallest absolute Gasteiger partial charge is 0.332 e. The van der Waals surface area contributed by atoms with Gasteiger partial charge in [0.05, 0.1) is 19.9 Å². The number of carbonyl (C=O) groups excluding carboxylic acids is 1. The highest BCUT2D eigenvalue weighted by Gasteiger charge is 2.22. The molecule has 0 radical (unpaired) electrons. The Balaban J connectivity index is 2.30. The number of hydrogen-bond acceptors (Lipinski definition) is 6. The molecule has 1 atom stereocenters. The maximum absolute atomic E-state index is 12.7. The molecule has 2 heterocycles. The molecular weight excluding hydrogens is 362 g/mol. The number of fused-ring (bicyclic) bond motifs is 1. The van der Waals surface area contributed by atoms with Crippen molar-refractivity contribution in [3.05, 3.63) is 40.2 Å². The molecular formula is C19H23N5O4.